The Hall–Kier alpha value is -7.89. The number of benzene rings is 9. The topological polar surface area (TPSA) is 26.1 Å². The molecule has 0 amide bonds. The Labute approximate surface area is 353 Å². The Morgan fingerprint density at radius 3 is 1.07 bits per heavy atom. The average Bonchev–Trinajstić information content (AvgIpc) is 3.71. The van der Waals surface area contributed by atoms with Crippen LogP contribution in [0.3, 0.4) is 0 Å². The molecule has 6 heterocycles. The second kappa shape index (κ2) is 11.4. The molecule has 15 rings (SSSR count). The minimum atomic E-state index is -0.141. The third-order valence-corrected chi connectivity index (χ3v) is 13.8. The van der Waals surface area contributed by atoms with Crippen LogP contribution in [-0.2, 0) is 0 Å². The predicted octanol–water partition coefficient (Wildman–Crippen LogP) is 10.1. The number of anilines is 12. The Morgan fingerprint density at radius 1 is 0.295 bits per heavy atom. The Morgan fingerprint density at radius 2 is 0.639 bits per heavy atom. The molecule has 0 atom stereocenters. The van der Waals surface area contributed by atoms with E-state index < -0.39 is 0 Å². The summed E-state index contributed by atoms with van der Waals surface area (Å²) >= 11 is 0. The summed E-state index contributed by atoms with van der Waals surface area (Å²) in [5.41, 5.74) is 20.9. The van der Waals surface area contributed by atoms with Crippen molar-refractivity contribution in [2.24, 2.45) is 0 Å². The summed E-state index contributed by atoms with van der Waals surface area (Å²) in [6.45, 7) is -0.282. The van der Waals surface area contributed by atoms with Crippen LogP contribution in [0.5, 0.6) is 0 Å². The highest BCUT2D eigenvalue weighted by Crippen LogP contribution is 2.57. The zero-order valence-corrected chi connectivity index (χ0v) is 32.8. The summed E-state index contributed by atoms with van der Waals surface area (Å²) in [6.07, 6.45) is 0. The molecule has 0 saturated heterocycles. The maximum atomic E-state index is 7.84. The molecule has 5 nitrogen and oxygen atoms in total. The van der Waals surface area contributed by atoms with Crippen molar-refractivity contribution in [2.45, 2.75) is 0 Å². The summed E-state index contributed by atoms with van der Waals surface area (Å²) in [7, 11) is 0. The smallest absolute Gasteiger partial charge is 0.297 e. The van der Waals surface area contributed by atoms with Gasteiger partial charge >= 0.3 is 0 Å². The highest BCUT2D eigenvalue weighted by molar-refractivity contribution is 7.02. The SMILES string of the molecule is c1ccc(N2c3cc4ccccc4cc3B3c4oc5c6c4N(c4ccccc4N6c4cccc6c4B5c4cc5ccccc5cc4N6c4ccccc4)c4cccc2c43)cc1. The first-order chi connectivity index (χ1) is 30.3. The van der Waals surface area contributed by atoms with E-state index in [2.05, 4.69) is 214 Å². The lowest BCUT2D eigenvalue weighted by Gasteiger charge is -2.48. The normalized spacial score (nSPS) is 14.4. The van der Waals surface area contributed by atoms with Crippen LogP contribution < -0.4 is 52.8 Å². The Balaban J connectivity index is 1.08. The van der Waals surface area contributed by atoms with Crippen LogP contribution in [0.1, 0.15) is 0 Å². The van der Waals surface area contributed by atoms with Crippen molar-refractivity contribution in [1.82, 2.24) is 0 Å². The molecule has 0 N–H and O–H groups in total. The fourth-order valence-electron chi connectivity index (χ4n) is 11.5. The number of furan rings is 1. The summed E-state index contributed by atoms with van der Waals surface area (Å²) in [5.74, 6) is 0. The van der Waals surface area contributed by atoms with Gasteiger partial charge in [-0.15, -0.1) is 0 Å². The Kier molecular flexibility index (Phi) is 6.00. The molecule has 0 radical (unpaired) electrons. The lowest BCUT2D eigenvalue weighted by molar-refractivity contribution is 0.634. The highest BCUT2D eigenvalue weighted by Gasteiger charge is 2.55. The van der Waals surface area contributed by atoms with Crippen LogP contribution >= 0.6 is 0 Å². The van der Waals surface area contributed by atoms with Crippen molar-refractivity contribution < 1.29 is 4.42 Å². The number of hydrogen-bond acceptors (Lipinski definition) is 5. The van der Waals surface area contributed by atoms with Gasteiger partial charge in [-0.05, 0) is 116 Å². The van der Waals surface area contributed by atoms with E-state index in [1.165, 1.54) is 77.5 Å². The fraction of sp³-hybridized carbons (Fsp3) is 0. The molecule has 5 aliphatic heterocycles. The van der Waals surface area contributed by atoms with Crippen LogP contribution in [0, 0.1) is 0 Å². The molecule has 0 unspecified atom stereocenters. The van der Waals surface area contributed by atoms with Gasteiger partial charge in [0.25, 0.3) is 13.4 Å². The van der Waals surface area contributed by atoms with E-state index in [-0.39, 0.29) is 13.4 Å². The van der Waals surface area contributed by atoms with Gasteiger partial charge in [-0.25, -0.2) is 0 Å². The van der Waals surface area contributed by atoms with Gasteiger partial charge in [-0.3, -0.25) is 0 Å². The molecule has 10 aromatic rings. The average molecular weight is 775 g/mol. The van der Waals surface area contributed by atoms with E-state index in [1.54, 1.807) is 0 Å². The van der Waals surface area contributed by atoms with E-state index in [0.29, 0.717) is 0 Å². The van der Waals surface area contributed by atoms with Crippen LogP contribution in [-0.4, -0.2) is 13.4 Å². The van der Waals surface area contributed by atoms with E-state index in [9.17, 15) is 0 Å². The molecule has 9 aromatic carbocycles. The molecule has 280 valence electrons. The first kappa shape index (κ1) is 32.0. The zero-order chi connectivity index (χ0) is 39.5. The van der Waals surface area contributed by atoms with Gasteiger partial charge in [0.15, 0.2) is 0 Å². The largest absolute Gasteiger partial charge is 0.480 e. The predicted molar refractivity (Wildman–Crippen MR) is 255 cm³/mol. The minimum absolute atomic E-state index is 0.141. The molecule has 0 fully saturated rings. The fourth-order valence-corrected chi connectivity index (χ4v) is 11.5. The van der Waals surface area contributed by atoms with E-state index >= 15 is 0 Å². The van der Waals surface area contributed by atoms with E-state index in [0.717, 1.165) is 45.4 Å². The number of fused-ring (bicyclic) bond motifs is 13. The molecule has 0 spiro atoms. The third-order valence-electron chi connectivity index (χ3n) is 13.8. The molecular weight excluding hydrogens is 742 g/mol. The first-order valence-electron chi connectivity index (χ1n) is 21.2. The number of hydrogen-bond donors (Lipinski definition) is 0. The third kappa shape index (κ3) is 3.99. The van der Waals surface area contributed by atoms with Crippen molar-refractivity contribution in [1.29, 1.82) is 0 Å². The zero-order valence-electron chi connectivity index (χ0n) is 32.8. The van der Waals surface area contributed by atoms with Gasteiger partial charge in [0.2, 0.25) is 0 Å². The van der Waals surface area contributed by atoms with Crippen LogP contribution in [0.2, 0.25) is 0 Å². The van der Waals surface area contributed by atoms with Gasteiger partial charge in [-0.1, -0.05) is 121 Å². The summed E-state index contributed by atoms with van der Waals surface area (Å²) in [5, 5.41) is 4.88. The van der Waals surface area contributed by atoms with Gasteiger partial charge < -0.3 is 24.0 Å². The van der Waals surface area contributed by atoms with Crippen molar-refractivity contribution in [3.8, 4) is 0 Å². The van der Waals surface area contributed by atoms with Crippen molar-refractivity contribution in [3.05, 3.63) is 194 Å². The first-order valence-corrected chi connectivity index (χ1v) is 21.2. The number of rotatable bonds is 2. The molecule has 7 heteroatoms. The second-order valence-corrected chi connectivity index (χ2v) is 16.8. The van der Waals surface area contributed by atoms with E-state index in [1.807, 2.05) is 0 Å². The second-order valence-electron chi connectivity index (χ2n) is 16.8. The van der Waals surface area contributed by atoms with Crippen LogP contribution in [0.25, 0.3) is 21.5 Å². The molecule has 0 saturated carbocycles. The van der Waals surface area contributed by atoms with Gasteiger partial charge in [0.1, 0.15) is 11.4 Å². The Bertz CT molecular complexity index is 3320. The lowest BCUT2D eigenvalue weighted by Crippen LogP contribution is -2.61. The summed E-state index contributed by atoms with van der Waals surface area (Å²) < 4.78 is 7.84. The molecule has 61 heavy (non-hydrogen) atoms. The van der Waals surface area contributed by atoms with Gasteiger partial charge in [-0.2, -0.15) is 0 Å². The summed E-state index contributed by atoms with van der Waals surface area (Å²) in [6, 6.07) is 71.5. The lowest BCUT2D eigenvalue weighted by atomic mass is 9.35. The van der Waals surface area contributed by atoms with E-state index in [4.69, 9.17) is 4.42 Å². The number of para-hydroxylation sites is 4. The minimum Gasteiger partial charge on any atom is -0.480 e. The summed E-state index contributed by atoms with van der Waals surface area (Å²) in [4.78, 5) is 9.97. The monoisotopic (exact) mass is 774 g/mol. The molecule has 5 aliphatic rings. The molecule has 0 aliphatic carbocycles. The van der Waals surface area contributed by atoms with Crippen LogP contribution in [0.4, 0.5) is 68.2 Å². The molecular formula is C54H32B2N4O. The van der Waals surface area contributed by atoms with Gasteiger partial charge in [0, 0.05) is 45.5 Å². The van der Waals surface area contributed by atoms with Crippen molar-refractivity contribution >= 4 is 136 Å². The standard InChI is InChI=1S/C54H32B2N4O/c1-3-19-37(20-4-1)57-43-25-13-27-45-49(43)55(39-29-33-15-7-9-17-35(33)31-47(39)57)53-51-52-54(61-53)56-40-30-34-16-8-10-18-36(34)32-48(40)58(38-21-5-2-6-22-38)44-26-14-28-46(50(44)56)60(52)42-24-12-11-23-41(42)59(45)51/h1-32H. The maximum absolute atomic E-state index is 7.84. The molecule has 1 aromatic heterocycles. The quantitative estimate of drug-likeness (QED) is 0.163. The van der Waals surface area contributed by atoms with Crippen LogP contribution in [0.15, 0.2) is 199 Å². The highest BCUT2D eigenvalue weighted by atomic mass is 16.3. The number of nitrogens with zero attached hydrogens (tertiary/aromatic N) is 4. The molecule has 0 bridgehead atoms. The van der Waals surface area contributed by atoms with Crippen molar-refractivity contribution in [3.63, 3.8) is 0 Å². The van der Waals surface area contributed by atoms with Crippen molar-refractivity contribution in [2.75, 3.05) is 19.6 Å². The maximum Gasteiger partial charge on any atom is 0.297 e. The van der Waals surface area contributed by atoms with Gasteiger partial charge in [0.05, 0.1) is 22.7 Å².